The van der Waals surface area contributed by atoms with E-state index >= 15 is 0 Å². The van der Waals surface area contributed by atoms with Gasteiger partial charge < -0.3 is 15.0 Å². The highest BCUT2D eigenvalue weighted by atomic mass is 16.5. The second-order valence-corrected chi connectivity index (χ2v) is 8.21. The summed E-state index contributed by atoms with van der Waals surface area (Å²) in [5.41, 5.74) is 3.18. The minimum Gasteiger partial charge on any atom is -0.483 e. The Morgan fingerprint density at radius 3 is 2.45 bits per heavy atom. The van der Waals surface area contributed by atoms with Crippen molar-refractivity contribution in [2.45, 2.75) is 66.0 Å². The lowest BCUT2D eigenvalue weighted by atomic mass is 10.0. The Balaban J connectivity index is 2.23. The molecular weight excluding hydrogens is 388 g/mol. The number of carbonyl (C=O) groups excluding carboxylic acids is 2. The number of hydrogen-bond donors (Lipinski definition) is 1. The Morgan fingerprint density at radius 1 is 1.06 bits per heavy atom. The van der Waals surface area contributed by atoms with Crippen molar-refractivity contribution in [2.24, 2.45) is 0 Å². The number of nitrogens with one attached hydrogen (secondary N) is 1. The Kier molecular flexibility index (Phi) is 9.57. The van der Waals surface area contributed by atoms with Crippen LogP contribution < -0.4 is 10.1 Å². The van der Waals surface area contributed by atoms with Gasteiger partial charge in [0.15, 0.2) is 6.61 Å². The van der Waals surface area contributed by atoms with Gasteiger partial charge in [0, 0.05) is 13.1 Å². The highest BCUT2D eigenvalue weighted by Gasteiger charge is 2.29. The van der Waals surface area contributed by atoms with Crippen LogP contribution in [0.15, 0.2) is 48.5 Å². The number of nitrogens with zero attached hydrogens (tertiary/aromatic N) is 1. The van der Waals surface area contributed by atoms with Crippen molar-refractivity contribution in [2.75, 3.05) is 13.2 Å². The van der Waals surface area contributed by atoms with Gasteiger partial charge in [0.25, 0.3) is 5.91 Å². The molecule has 2 aromatic carbocycles. The molecule has 0 aliphatic heterocycles. The average Bonchev–Trinajstić information content (AvgIpc) is 2.76. The van der Waals surface area contributed by atoms with Crippen molar-refractivity contribution in [3.05, 3.63) is 65.2 Å². The Bertz CT molecular complexity index is 863. The maximum atomic E-state index is 13.3. The molecule has 31 heavy (non-hydrogen) atoms. The first-order valence-corrected chi connectivity index (χ1v) is 11.2. The van der Waals surface area contributed by atoms with E-state index in [1.165, 1.54) is 0 Å². The van der Waals surface area contributed by atoms with Crippen molar-refractivity contribution < 1.29 is 14.3 Å². The number of hydrogen-bond acceptors (Lipinski definition) is 3. The van der Waals surface area contributed by atoms with Crippen molar-refractivity contribution in [1.29, 1.82) is 0 Å². The molecule has 1 atom stereocenters. The predicted molar refractivity (Wildman–Crippen MR) is 125 cm³/mol. The molecule has 2 aromatic rings. The fourth-order valence-corrected chi connectivity index (χ4v) is 3.60. The van der Waals surface area contributed by atoms with Crippen LogP contribution >= 0.6 is 0 Å². The minimum absolute atomic E-state index is 0.104. The van der Waals surface area contributed by atoms with Crippen LogP contribution in [0.5, 0.6) is 5.75 Å². The first kappa shape index (κ1) is 24.4. The highest BCUT2D eigenvalue weighted by Crippen LogP contribution is 2.26. The lowest BCUT2D eigenvalue weighted by Gasteiger charge is -2.30. The summed E-state index contributed by atoms with van der Waals surface area (Å²) >= 11 is 0. The highest BCUT2D eigenvalue weighted by molar-refractivity contribution is 5.88. The second-order valence-electron chi connectivity index (χ2n) is 8.21. The maximum Gasteiger partial charge on any atom is 0.261 e. The van der Waals surface area contributed by atoms with Gasteiger partial charge in [-0.15, -0.1) is 0 Å². The molecule has 0 saturated heterocycles. The fraction of sp³-hybridized carbons (Fsp3) is 0.462. The van der Waals surface area contributed by atoms with E-state index in [0.717, 1.165) is 23.1 Å². The predicted octanol–water partition coefficient (Wildman–Crippen LogP) is 4.83. The van der Waals surface area contributed by atoms with E-state index in [9.17, 15) is 9.59 Å². The van der Waals surface area contributed by atoms with E-state index in [1.807, 2.05) is 69.3 Å². The summed E-state index contributed by atoms with van der Waals surface area (Å²) in [6.07, 6.45) is 1.39. The summed E-state index contributed by atoms with van der Waals surface area (Å²) in [5, 5.41) is 2.94. The lowest BCUT2D eigenvalue weighted by Crippen LogP contribution is -2.50. The molecule has 0 unspecified atom stereocenters. The zero-order valence-corrected chi connectivity index (χ0v) is 19.5. The van der Waals surface area contributed by atoms with Gasteiger partial charge in [-0.05, 0) is 42.9 Å². The van der Waals surface area contributed by atoms with E-state index in [2.05, 4.69) is 19.2 Å². The first-order valence-electron chi connectivity index (χ1n) is 11.2. The van der Waals surface area contributed by atoms with Gasteiger partial charge in [0.1, 0.15) is 11.8 Å². The van der Waals surface area contributed by atoms with Crippen LogP contribution in [0, 0.1) is 6.92 Å². The summed E-state index contributed by atoms with van der Waals surface area (Å²) in [7, 11) is 0. The van der Waals surface area contributed by atoms with E-state index in [4.69, 9.17) is 4.74 Å². The molecule has 2 rings (SSSR count). The van der Waals surface area contributed by atoms with Crippen molar-refractivity contribution in [1.82, 2.24) is 10.2 Å². The Hall–Kier alpha value is -2.82. The Labute approximate surface area is 186 Å². The number of benzene rings is 2. The number of ether oxygens (including phenoxy) is 1. The van der Waals surface area contributed by atoms with Gasteiger partial charge in [-0.1, -0.05) is 75.7 Å². The molecule has 0 aliphatic carbocycles. The van der Waals surface area contributed by atoms with E-state index in [0.29, 0.717) is 25.3 Å². The summed E-state index contributed by atoms with van der Waals surface area (Å²) in [6, 6.07) is 15.3. The molecule has 168 valence electrons. The second kappa shape index (κ2) is 12.1. The number of para-hydroxylation sites is 1. The van der Waals surface area contributed by atoms with Crippen LogP contribution in [0.1, 0.15) is 63.1 Å². The Morgan fingerprint density at radius 2 is 1.81 bits per heavy atom. The minimum atomic E-state index is -0.538. The fourth-order valence-electron chi connectivity index (χ4n) is 3.60. The van der Waals surface area contributed by atoms with Crippen LogP contribution in [-0.2, 0) is 16.1 Å². The number of aryl methyl sites for hydroxylation is 1. The maximum absolute atomic E-state index is 13.3. The summed E-state index contributed by atoms with van der Waals surface area (Å²) in [4.78, 5) is 27.7. The average molecular weight is 425 g/mol. The monoisotopic (exact) mass is 424 g/mol. The first-order chi connectivity index (χ1) is 14.9. The van der Waals surface area contributed by atoms with Gasteiger partial charge >= 0.3 is 0 Å². The molecule has 5 nitrogen and oxygen atoms in total. The molecule has 0 fully saturated rings. The largest absolute Gasteiger partial charge is 0.483 e. The third-order valence-electron chi connectivity index (χ3n) is 5.26. The third kappa shape index (κ3) is 7.12. The van der Waals surface area contributed by atoms with E-state index in [-0.39, 0.29) is 24.3 Å². The van der Waals surface area contributed by atoms with Gasteiger partial charge in [0.2, 0.25) is 5.91 Å². The van der Waals surface area contributed by atoms with Gasteiger partial charge in [-0.3, -0.25) is 9.59 Å². The van der Waals surface area contributed by atoms with Gasteiger partial charge in [-0.2, -0.15) is 0 Å². The van der Waals surface area contributed by atoms with Crippen molar-refractivity contribution >= 4 is 11.8 Å². The molecule has 0 aliphatic rings. The zero-order chi connectivity index (χ0) is 22.8. The molecule has 0 saturated carbocycles. The molecule has 0 spiro atoms. The lowest BCUT2D eigenvalue weighted by molar-refractivity contribution is -0.143. The summed E-state index contributed by atoms with van der Waals surface area (Å²) in [6.45, 7) is 11.0. The quantitative estimate of drug-likeness (QED) is 0.562. The number of amides is 2. The van der Waals surface area contributed by atoms with Crippen molar-refractivity contribution in [3.8, 4) is 5.75 Å². The zero-order valence-electron chi connectivity index (χ0n) is 19.5. The number of rotatable bonds is 11. The molecule has 5 heteroatoms. The molecular formula is C26H36N2O3. The third-order valence-corrected chi connectivity index (χ3v) is 5.26. The normalized spacial score (nSPS) is 11.8. The van der Waals surface area contributed by atoms with Crippen LogP contribution in [0.2, 0.25) is 0 Å². The van der Waals surface area contributed by atoms with Gasteiger partial charge in [0.05, 0.1) is 0 Å². The molecule has 0 bridgehead atoms. The van der Waals surface area contributed by atoms with Crippen LogP contribution in [0.4, 0.5) is 0 Å². The van der Waals surface area contributed by atoms with Crippen LogP contribution in [-0.4, -0.2) is 35.9 Å². The standard InChI is InChI=1S/C26H36N2O3/c1-6-15-27-26(30)23(7-2)28(17-21-12-10-11-20(5)16-21)25(29)18-31-24-14-9-8-13-22(24)19(3)4/h8-14,16,19,23H,6-7,15,17-18H2,1-5H3,(H,27,30)/t23-/m1/s1. The topological polar surface area (TPSA) is 58.6 Å². The van der Waals surface area contributed by atoms with Crippen LogP contribution in [0.25, 0.3) is 0 Å². The molecule has 0 radical (unpaired) electrons. The van der Waals surface area contributed by atoms with E-state index in [1.54, 1.807) is 4.90 Å². The van der Waals surface area contributed by atoms with Gasteiger partial charge in [-0.25, -0.2) is 0 Å². The van der Waals surface area contributed by atoms with Crippen LogP contribution in [0.3, 0.4) is 0 Å². The molecule has 0 heterocycles. The SMILES string of the molecule is CCCNC(=O)[C@@H](CC)N(Cc1cccc(C)c1)C(=O)COc1ccccc1C(C)C. The molecule has 1 N–H and O–H groups in total. The number of carbonyl (C=O) groups is 2. The van der Waals surface area contributed by atoms with Crippen molar-refractivity contribution in [3.63, 3.8) is 0 Å². The molecule has 0 aromatic heterocycles. The van der Waals surface area contributed by atoms with E-state index < -0.39 is 6.04 Å². The molecule has 2 amide bonds. The smallest absolute Gasteiger partial charge is 0.261 e. The summed E-state index contributed by atoms with van der Waals surface area (Å²) < 4.78 is 5.94. The summed E-state index contributed by atoms with van der Waals surface area (Å²) in [5.74, 6) is 0.689.